The first kappa shape index (κ1) is 16.4. The van der Waals surface area contributed by atoms with Crippen LogP contribution in [-0.4, -0.2) is 25.3 Å². The van der Waals surface area contributed by atoms with Crippen molar-refractivity contribution in [2.45, 2.75) is 44.7 Å². The topological polar surface area (TPSA) is 63.4 Å². The predicted molar refractivity (Wildman–Crippen MR) is 78.7 cm³/mol. The Morgan fingerprint density at radius 2 is 2.00 bits per heavy atom. The number of nitrogens with two attached hydrogens (primary N) is 1. The van der Waals surface area contributed by atoms with Crippen molar-refractivity contribution in [2.24, 2.45) is 5.73 Å². The molecule has 1 unspecified atom stereocenters. The number of nitrogens with zero attached hydrogens (tertiary/aromatic N) is 1. The van der Waals surface area contributed by atoms with Gasteiger partial charge < -0.3 is 5.73 Å². The first-order valence-electron chi connectivity index (χ1n) is 6.38. The molecule has 0 amide bonds. The van der Waals surface area contributed by atoms with E-state index in [-0.39, 0.29) is 22.5 Å². The van der Waals surface area contributed by atoms with Crippen LogP contribution in [0, 0.1) is 0 Å². The Bertz CT molecular complexity index is 531. The fourth-order valence-electron chi connectivity index (χ4n) is 1.92. The number of hydrogen-bond acceptors (Lipinski definition) is 3. The zero-order valence-corrected chi connectivity index (χ0v) is 13.1. The largest absolute Gasteiger partial charge is 0.326 e. The lowest BCUT2D eigenvalue weighted by molar-refractivity contribution is 0.342. The van der Waals surface area contributed by atoms with Crippen LogP contribution in [0.3, 0.4) is 0 Å². The number of sulfonamides is 1. The van der Waals surface area contributed by atoms with Gasteiger partial charge in [0.25, 0.3) is 0 Å². The highest BCUT2D eigenvalue weighted by atomic mass is 35.5. The third-order valence-corrected chi connectivity index (χ3v) is 5.78. The molecular weight excluding hydrogens is 284 g/mol. The highest BCUT2D eigenvalue weighted by Crippen LogP contribution is 2.27. The fourth-order valence-corrected chi connectivity index (χ4v) is 4.16. The summed E-state index contributed by atoms with van der Waals surface area (Å²) in [5.41, 5.74) is 6.31. The van der Waals surface area contributed by atoms with Crippen molar-refractivity contribution < 1.29 is 8.42 Å². The summed E-state index contributed by atoms with van der Waals surface area (Å²) in [4.78, 5) is 0.138. The van der Waals surface area contributed by atoms with Gasteiger partial charge >= 0.3 is 0 Å². The van der Waals surface area contributed by atoms with Crippen LogP contribution in [0.4, 0.5) is 0 Å². The number of hydrogen-bond donors (Lipinski definition) is 1. The molecule has 0 spiro atoms. The Labute approximate surface area is 120 Å². The molecule has 0 aliphatic carbocycles. The molecule has 0 heterocycles. The van der Waals surface area contributed by atoms with E-state index in [4.69, 9.17) is 17.3 Å². The molecule has 1 rings (SSSR count). The van der Waals surface area contributed by atoms with Crippen molar-refractivity contribution in [3.63, 3.8) is 0 Å². The highest BCUT2D eigenvalue weighted by molar-refractivity contribution is 7.89. The molecule has 0 saturated carbocycles. The van der Waals surface area contributed by atoms with Gasteiger partial charge in [0.15, 0.2) is 0 Å². The van der Waals surface area contributed by atoms with Gasteiger partial charge in [-0.2, -0.15) is 4.31 Å². The average molecular weight is 305 g/mol. The van der Waals surface area contributed by atoms with Gasteiger partial charge in [-0.15, -0.1) is 0 Å². The quantitative estimate of drug-likeness (QED) is 0.878. The predicted octanol–water partition coefficient (Wildman–Crippen LogP) is 2.61. The van der Waals surface area contributed by atoms with Crippen molar-refractivity contribution in [2.75, 3.05) is 6.54 Å². The van der Waals surface area contributed by atoms with Crippen molar-refractivity contribution >= 4 is 21.6 Å². The van der Waals surface area contributed by atoms with Crippen molar-refractivity contribution in [3.05, 3.63) is 28.8 Å². The molecule has 0 aromatic heterocycles. The van der Waals surface area contributed by atoms with Gasteiger partial charge in [0.05, 0.1) is 5.02 Å². The summed E-state index contributed by atoms with van der Waals surface area (Å²) in [6.07, 6.45) is 0.751. The second kappa shape index (κ2) is 6.70. The van der Waals surface area contributed by atoms with Crippen LogP contribution in [0.2, 0.25) is 5.02 Å². The van der Waals surface area contributed by atoms with Gasteiger partial charge in [0.2, 0.25) is 10.0 Å². The van der Waals surface area contributed by atoms with Gasteiger partial charge in [-0.25, -0.2) is 8.42 Å². The maximum atomic E-state index is 12.7. The molecule has 4 nitrogen and oxygen atoms in total. The summed E-state index contributed by atoms with van der Waals surface area (Å²) in [7, 11) is -3.58. The molecule has 0 aliphatic rings. The van der Waals surface area contributed by atoms with Gasteiger partial charge in [0, 0.05) is 19.1 Å². The molecule has 0 aliphatic heterocycles. The van der Waals surface area contributed by atoms with Crippen molar-refractivity contribution in [3.8, 4) is 0 Å². The molecule has 2 N–H and O–H groups in total. The zero-order valence-electron chi connectivity index (χ0n) is 11.6. The van der Waals surface area contributed by atoms with Gasteiger partial charge in [-0.3, -0.25) is 0 Å². The molecule has 0 fully saturated rings. The zero-order chi connectivity index (χ0) is 14.6. The van der Waals surface area contributed by atoms with Crippen molar-refractivity contribution in [1.29, 1.82) is 0 Å². The number of benzene rings is 1. The van der Waals surface area contributed by atoms with E-state index in [1.165, 1.54) is 4.31 Å². The van der Waals surface area contributed by atoms with E-state index in [9.17, 15) is 8.42 Å². The minimum atomic E-state index is -3.58. The smallest absolute Gasteiger partial charge is 0.244 e. The molecule has 0 radical (unpaired) electrons. The minimum Gasteiger partial charge on any atom is -0.326 e. The van der Waals surface area contributed by atoms with Crippen LogP contribution in [0.5, 0.6) is 0 Å². The Morgan fingerprint density at radius 3 is 2.47 bits per heavy atom. The Balaban J connectivity index is 3.33. The molecule has 0 bridgehead atoms. The Morgan fingerprint density at radius 1 is 1.37 bits per heavy atom. The summed E-state index contributed by atoms with van der Waals surface area (Å²) in [6.45, 7) is 6.38. The van der Waals surface area contributed by atoms with E-state index < -0.39 is 10.0 Å². The van der Waals surface area contributed by atoms with E-state index in [0.717, 1.165) is 12.0 Å². The van der Waals surface area contributed by atoms with E-state index in [1.807, 2.05) is 20.8 Å². The standard InChI is InChI=1S/C13H21ClN2O2S/c1-4-10(3)16(5-2)19(17,18)13-8-11(9-15)6-7-12(13)14/h6-8,10H,4-5,9,15H2,1-3H3. The average Bonchev–Trinajstić information content (AvgIpc) is 2.39. The van der Waals surface area contributed by atoms with Crippen LogP contribution < -0.4 is 5.73 Å². The van der Waals surface area contributed by atoms with E-state index in [2.05, 4.69) is 0 Å². The number of halogens is 1. The third kappa shape index (κ3) is 3.48. The first-order valence-corrected chi connectivity index (χ1v) is 8.20. The molecule has 108 valence electrons. The maximum absolute atomic E-state index is 12.7. The Kier molecular flexibility index (Phi) is 5.80. The Hall–Kier alpha value is -0.620. The summed E-state index contributed by atoms with van der Waals surface area (Å²) < 4.78 is 26.8. The lowest BCUT2D eigenvalue weighted by Crippen LogP contribution is -2.38. The molecule has 1 aromatic carbocycles. The van der Waals surface area contributed by atoms with Gasteiger partial charge in [-0.1, -0.05) is 31.5 Å². The first-order chi connectivity index (χ1) is 8.88. The third-order valence-electron chi connectivity index (χ3n) is 3.21. The van der Waals surface area contributed by atoms with Crippen LogP contribution >= 0.6 is 11.6 Å². The summed E-state index contributed by atoms with van der Waals surface area (Å²) in [5.74, 6) is 0. The molecule has 1 atom stereocenters. The monoisotopic (exact) mass is 304 g/mol. The normalized spacial score (nSPS) is 13.8. The van der Waals surface area contributed by atoms with Crippen LogP contribution in [0.1, 0.15) is 32.8 Å². The van der Waals surface area contributed by atoms with E-state index >= 15 is 0 Å². The second-order valence-electron chi connectivity index (χ2n) is 4.43. The maximum Gasteiger partial charge on any atom is 0.244 e. The molecule has 0 saturated heterocycles. The highest BCUT2D eigenvalue weighted by Gasteiger charge is 2.28. The van der Waals surface area contributed by atoms with Crippen LogP contribution in [0.15, 0.2) is 23.1 Å². The van der Waals surface area contributed by atoms with Crippen molar-refractivity contribution in [1.82, 2.24) is 4.31 Å². The fraction of sp³-hybridized carbons (Fsp3) is 0.538. The SMILES string of the molecule is CCC(C)N(CC)S(=O)(=O)c1cc(CN)ccc1Cl. The lowest BCUT2D eigenvalue weighted by Gasteiger charge is -2.26. The van der Waals surface area contributed by atoms with Crippen LogP contribution in [0.25, 0.3) is 0 Å². The summed E-state index contributed by atoms with van der Waals surface area (Å²) in [5, 5.41) is 0.235. The van der Waals surface area contributed by atoms with Gasteiger partial charge in [-0.05, 0) is 31.0 Å². The van der Waals surface area contributed by atoms with Gasteiger partial charge in [0.1, 0.15) is 4.90 Å². The van der Waals surface area contributed by atoms with E-state index in [1.54, 1.807) is 18.2 Å². The summed E-state index contributed by atoms with van der Waals surface area (Å²) in [6, 6.07) is 4.82. The van der Waals surface area contributed by atoms with E-state index in [0.29, 0.717) is 6.54 Å². The number of rotatable bonds is 6. The van der Waals surface area contributed by atoms with Crippen LogP contribution in [-0.2, 0) is 16.6 Å². The second-order valence-corrected chi connectivity index (χ2v) is 6.70. The molecular formula is C13H21ClN2O2S. The molecule has 6 heteroatoms. The molecule has 19 heavy (non-hydrogen) atoms. The molecule has 1 aromatic rings. The minimum absolute atomic E-state index is 0.0624. The summed E-state index contributed by atoms with van der Waals surface area (Å²) >= 11 is 6.04. The lowest BCUT2D eigenvalue weighted by atomic mass is 10.2.